The van der Waals surface area contributed by atoms with Crippen molar-refractivity contribution in [3.05, 3.63) is 0 Å². The molecule has 2 N–H and O–H groups in total. The van der Waals surface area contributed by atoms with E-state index in [1.54, 1.807) is 7.11 Å². The van der Waals surface area contributed by atoms with Gasteiger partial charge >= 0.3 is 0 Å². The summed E-state index contributed by atoms with van der Waals surface area (Å²) in [7, 11) is 7.77. The molecule has 5 nitrogen and oxygen atoms in total. The summed E-state index contributed by atoms with van der Waals surface area (Å²) in [5.74, 6) is 0.876. The number of halogens is 1. The van der Waals surface area contributed by atoms with Crippen LogP contribution in [0.3, 0.4) is 0 Å². The van der Waals surface area contributed by atoms with E-state index < -0.39 is 0 Å². The van der Waals surface area contributed by atoms with Gasteiger partial charge in [0.2, 0.25) is 0 Å². The molecular weight excluding hydrogens is 367 g/mol. The van der Waals surface area contributed by atoms with E-state index in [0.29, 0.717) is 18.2 Å². The van der Waals surface area contributed by atoms with Gasteiger partial charge in [-0.1, -0.05) is 13.8 Å². The molecule has 0 radical (unpaired) electrons. The Morgan fingerprint density at radius 2 is 2.05 bits per heavy atom. The third-order valence-corrected chi connectivity index (χ3v) is 4.44. The molecule has 1 saturated carbocycles. The summed E-state index contributed by atoms with van der Waals surface area (Å²) >= 11 is 0. The number of hydrogen-bond donors (Lipinski definition) is 2. The van der Waals surface area contributed by atoms with Crippen molar-refractivity contribution in [2.45, 2.75) is 45.4 Å². The molecule has 3 atom stereocenters. The van der Waals surface area contributed by atoms with Gasteiger partial charge in [0, 0.05) is 38.2 Å². The fraction of sp³-hybridized carbons (Fsp3) is 0.929. The van der Waals surface area contributed by atoms with Crippen molar-refractivity contribution in [2.24, 2.45) is 10.4 Å². The summed E-state index contributed by atoms with van der Waals surface area (Å²) in [6.45, 7) is 7.54. The zero-order valence-corrected chi connectivity index (χ0v) is 16.2. The fourth-order valence-electron chi connectivity index (χ4n) is 2.32. The lowest BCUT2D eigenvalue weighted by molar-refractivity contribution is -0.0922. The van der Waals surface area contributed by atoms with Crippen molar-refractivity contribution in [2.75, 3.05) is 34.8 Å². The second-order valence-corrected chi connectivity index (χ2v) is 6.24. The molecular formula is C14H31IN4O. The largest absolute Gasteiger partial charge is 0.381 e. The molecule has 20 heavy (non-hydrogen) atoms. The molecule has 3 unspecified atom stereocenters. The molecule has 0 aromatic rings. The zero-order chi connectivity index (χ0) is 14.6. The highest BCUT2D eigenvalue weighted by Crippen LogP contribution is 2.42. The first-order valence-corrected chi connectivity index (χ1v) is 6.99. The van der Waals surface area contributed by atoms with Gasteiger partial charge < -0.3 is 20.3 Å². The van der Waals surface area contributed by atoms with Crippen LogP contribution in [0.2, 0.25) is 0 Å². The number of ether oxygens (including phenoxy) is 1. The Kier molecular flexibility index (Phi) is 8.35. The van der Waals surface area contributed by atoms with E-state index in [0.717, 1.165) is 18.9 Å². The Morgan fingerprint density at radius 3 is 2.45 bits per heavy atom. The van der Waals surface area contributed by atoms with E-state index >= 15 is 0 Å². The smallest absolute Gasteiger partial charge is 0.191 e. The van der Waals surface area contributed by atoms with Crippen LogP contribution in [0, 0.1) is 5.41 Å². The number of guanidine groups is 1. The van der Waals surface area contributed by atoms with Gasteiger partial charge in [-0.05, 0) is 27.4 Å². The van der Waals surface area contributed by atoms with Crippen LogP contribution in [-0.2, 0) is 4.74 Å². The average molecular weight is 398 g/mol. The summed E-state index contributed by atoms with van der Waals surface area (Å²) in [6.07, 6.45) is 1.37. The maximum absolute atomic E-state index is 5.47. The molecule has 0 spiro atoms. The molecule has 1 aliphatic rings. The van der Waals surface area contributed by atoms with Crippen molar-refractivity contribution < 1.29 is 4.74 Å². The highest BCUT2D eigenvalue weighted by molar-refractivity contribution is 14.0. The predicted octanol–water partition coefficient (Wildman–Crippen LogP) is 1.53. The van der Waals surface area contributed by atoms with Gasteiger partial charge in [-0.25, -0.2) is 0 Å². The number of rotatable bonds is 5. The Morgan fingerprint density at radius 1 is 1.45 bits per heavy atom. The minimum absolute atomic E-state index is 0. The third kappa shape index (κ3) is 4.73. The molecule has 1 aliphatic carbocycles. The standard InChI is InChI=1S/C14H30N4O.HI/c1-10(18(5)6)9-16-13(15-4)17-11-8-12(19-7)14(11,2)3;/h10-12H,8-9H2,1-7H3,(H2,15,16,17);1H. The number of hydrogen-bond acceptors (Lipinski definition) is 3. The van der Waals surface area contributed by atoms with Crippen molar-refractivity contribution in [3.8, 4) is 0 Å². The van der Waals surface area contributed by atoms with E-state index in [2.05, 4.69) is 55.4 Å². The lowest BCUT2D eigenvalue weighted by atomic mass is 9.64. The summed E-state index contributed by atoms with van der Waals surface area (Å²) in [4.78, 5) is 6.48. The highest BCUT2D eigenvalue weighted by atomic mass is 127. The number of aliphatic imine (C=N–C) groups is 1. The second kappa shape index (κ2) is 8.38. The molecule has 120 valence electrons. The van der Waals surface area contributed by atoms with Crippen LogP contribution in [0.15, 0.2) is 4.99 Å². The van der Waals surface area contributed by atoms with Crippen LogP contribution >= 0.6 is 24.0 Å². The summed E-state index contributed by atoms with van der Waals surface area (Å²) in [5.41, 5.74) is 0.152. The van der Waals surface area contributed by atoms with Crippen LogP contribution < -0.4 is 10.6 Å². The van der Waals surface area contributed by atoms with Crippen LogP contribution in [0.1, 0.15) is 27.2 Å². The molecule has 0 aromatic heterocycles. The van der Waals surface area contributed by atoms with Crippen LogP contribution in [-0.4, -0.2) is 63.8 Å². The first-order valence-electron chi connectivity index (χ1n) is 6.99. The molecule has 1 rings (SSSR count). The summed E-state index contributed by atoms with van der Waals surface area (Å²) in [6, 6.07) is 0.887. The van der Waals surface area contributed by atoms with Gasteiger partial charge in [-0.15, -0.1) is 24.0 Å². The van der Waals surface area contributed by atoms with Gasteiger partial charge in [0.15, 0.2) is 5.96 Å². The minimum atomic E-state index is 0. The number of likely N-dealkylation sites (N-methyl/N-ethyl adjacent to an activating group) is 1. The lowest BCUT2D eigenvalue weighted by Gasteiger charge is -2.51. The van der Waals surface area contributed by atoms with Crippen molar-refractivity contribution in [1.29, 1.82) is 0 Å². The number of nitrogens with zero attached hydrogens (tertiary/aromatic N) is 2. The van der Waals surface area contributed by atoms with E-state index in [1.165, 1.54) is 0 Å². The molecule has 1 fully saturated rings. The van der Waals surface area contributed by atoms with Crippen molar-refractivity contribution >= 4 is 29.9 Å². The normalized spacial score (nSPS) is 26.5. The van der Waals surface area contributed by atoms with Gasteiger partial charge in [-0.2, -0.15) is 0 Å². The Bertz CT molecular complexity index is 320. The van der Waals surface area contributed by atoms with E-state index in [4.69, 9.17) is 4.74 Å². The first-order chi connectivity index (χ1) is 8.82. The summed E-state index contributed by atoms with van der Waals surface area (Å²) in [5, 5.41) is 6.87. The van der Waals surface area contributed by atoms with E-state index in [-0.39, 0.29) is 29.4 Å². The zero-order valence-electron chi connectivity index (χ0n) is 13.9. The average Bonchev–Trinajstić information content (AvgIpc) is 2.36. The Hall–Kier alpha value is -0.0800. The molecule has 0 bridgehead atoms. The third-order valence-electron chi connectivity index (χ3n) is 4.44. The predicted molar refractivity (Wildman–Crippen MR) is 96.0 cm³/mol. The number of methoxy groups -OCH3 is 1. The number of nitrogens with one attached hydrogen (secondary N) is 2. The molecule has 6 heteroatoms. The van der Waals surface area contributed by atoms with Crippen molar-refractivity contribution in [3.63, 3.8) is 0 Å². The molecule has 0 aliphatic heterocycles. The SMILES string of the molecule is CN=C(NCC(C)N(C)C)NC1CC(OC)C1(C)C.I. The topological polar surface area (TPSA) is 48.9 Å². The molecule has 0 aromatic carbocycles. The summed E-state index contributed by atoms with van der Waals surface area (Å²) < 4.78 is 5.47. The van der Waals surface area contributed by atoms with E-state index in [9.17, 15) is 0 Å². The second-order valence-electron chi connectivity index (χ2n) is 6.24. The van der Waals surface area contributed by atoms with Crippen LogP contribution in [0.25, 0.3) is 0 Å². The van der Waals surface area contributed by atoms with Gasteiger partial charge in [0.25, 0.3) is 0 Å². The molecule has 0 saturated heterocycles. The first kappa shape index (κ1) is 19.9. The maximum Gasteiger partial charge on any atom is 0.191 e. The van der Waals surface area contributed by atoms with Crippen LogP contribution in [0.5, 0.6) is 0 Å². The maximum atomic E-state index is 5.47. The quantitative estimate of drug-likeness (QED) is 0.419. The van der Waals surface area contributed by atoms with Gasteiger partial charge in [0.1, 0.15) is 0 Å². The van der Waals surface area contributed by atoms with Crippen molar-refractivity contribution in [1.82, 2.24) is 15.5 Å². The molecule has 0 amide bonds. The van der Waals surface area contributed by atoms with Gasteiger partial charge in [-0.3, -0.25) is 4.99 Å². The monoisotopic (exact) mass is 398 g/mol. The molecule has 0 heterocycles. The minimum Gasteiger partial charge on any atom is -0.381 e. The Labute approximate surface area is 140 Å². The highest BCUT2D eigenvalue weighted by Gasteiger charge is 2.48. The Balaban J connectivity index is 0.00000361. The van der Waals surface area contributed by atoms with Crippen LogP contribution in [0.4, 0.5) is 0 Å². The van der Waals surface area contributed by atoms with E-state index in [1.807, 2.05) is 7.05 Å². The van der Waals surface area contributed by atoms with Gasteiger partial charge in [0.05, 0.1) is 6.10 Å². The fourth-order valence-corrected chi connectivity index (χ4v) is 2.32. The lowest BCUT2D eigenvalue weighted by Crippen LogP contribution is -2.63.